The summed E-state index contributed by atoms with van der Waals surface area (Å²) in [4.78, 5) is 41.0. The highest BCUT2D eigenvalue weighted by Gasteiger charge is 2.61. The first-order chi connectivity index (χ1) is 15.1. The fourth-order valence-corrected chi connectivity index (χ4v) is 6.84. The Morgan fingerprint density at radius 3 is 2.33 bits per heavy atom. The average Bonchev–Trinajstić information content (AvgIpc) is 3.06. The van der Waals surface area contributed by atoms with E-state index in [-0.39, 0.29) is 18.1 Å². The normalized spacial score (nSPS) is 25.6. The van der Waals surface area contributed by atoms with Gasteiger partial charge in [0, 0.05) is 19.6 Å². The second-order valence-corrected chi connectivity index (χ2v) is 13.1. The van der Waals surface area contributed by atoms with Crippen molar-refractivity contribution in [2.75, 3.05) is 7.11 Å². The van der Waals surface area contributed by atoms with E-state index >= 15 is 0 Å². The summed E-state index contributed by atoms with van der Waals surface area (Å²) in [6.07, 6.45) is -0.768. The average molecular weight is 498 g/mol. The zero-order chi connectivity index (χ0) is 24.9. The van der Waals surface area contributed by atoms with E-state index in [1.807, 2.05) is 0 Å². The van der Waals surface area contributed by atoms with E-state index in [2.05, 4.69) is 15.5 Å². The summed E-state index contributed by atoms with van der Waals surface area (Å²) >= 11 is 2.67. The largest absolute Gasteiger partial charge is 0.460 e. The van der Waals surface area contributed by atoms with E-state index in [0.29, 0.717) is 16.4 Å². The molecule has 1 amide bonds. The van der Waals surface area contributed by atoms with Crippen LogP contribution in [0, 0.1) is 5.41 Å². The molecule has 0 N–H and O–H groups in total. The van der Waals surface area contributed by atoms with Crippen molar-refractivity contribution in [1.29, 1.82) is 0 Å². The van der Waals surface area contributed by atoms with Crippen LogP contribution in [-0.4, -0.2) is 71.0 Å². The Morgan fingerprint density at radius 1 is 1.21 bits per heavy atom. The first kappa shape index (κ1) is 25.7. The summed E-state index contributed by atoms with van der Waals surface area (Å²) in [5.41, 5.74) is -0.513. The highest BCUT2D eigenvalue weighted by atomic mass is 32.2. The SMILES string of the molecule is CO[C@H]1C(=O)N2C(C(=O)C(C)(C)C)=C(C)C(CC(=O)OC(C)(C)C)(Sc3nnnn3C)S[C@H]12. The van der Waals surface area contributed by atoms with Gasteiger partial charge in [-0.3, -0.25) is 19.3 Å². The maximum atomic E-state index is 13.6. The van der Waals surface area contributed by atoms with Gasteiger partial charge in [-0.15, -0.1) is 16.9 Å². The van der Waals surface area contributed by atoms with Gasteiger partial charge in [0.15, 0.2) is 11.9 Å². The number of nitrogens with zero attached hydrogens (tertiary/aromatic N) is 5. The standard InChI is InChI=1S/C21H31N5O5S2/c1-11-13(15(28)19(2,3)4)26-16(29)14(30-9)17(26)32-21(11,10-12(27)31-20(5,6)7)33-18-22-23-24-25(18)8/h14,17H,10H2,1-9H3/t14-,17+,21?/m0/s1. The minimum atomic E-state index is -0.986. The van der Waals surface area contributed by atoms with Crippen molar-refractivity contribution in [2.24, 2.45) is 12.5 Å². The monoisotopic (exact) mass is 497 g/mol. The number of methoxy groups -OCH3 is 1. The molecule has 2 aliphatic heterocycles. The second-order valence-electron chi connectivity index (χ2n) is 10.1. The van der Waals surface area contributed by atoms with Crippen molar-refractivity contribution in [2.45, 2.75) is 81.2 Å². The third-order valence-electron chi connectivity index (χ3n) is 5.26. The van der Waals surface area contributed by atoms with Crippen LogP contribution in [0.5, 0.6) is 0 Å². The fraction of sp³-hybridized carbons (Fsp3) is 0.714. The van der Waals surface area contributed by atoms with Crippen LogP contribution >= 0.6 is 23.5 Å². The lowest BCUT2D eigenvalue weighted by Crippen LogP contribution is -2.67. The van der Waals surface area contributed by atoms with Crippen molar-refractivity contribution in [1.82, 2.24) is 25.1 Å². The number of Topliss-reactive ketones (excluding diaryl/α,β-unsaturated/α-hetero) is 1. The fourth-order valence-electron chi connectivity index (χ4n) is 3.62. The Labute approximate surface area is 202 Å². The number of hydrogen-bond acceptors (Lipinski definition) is 10. The number of carbonyl (C=O) groups excluding carboxylic acids is 3. The molecule has 10 nitrogen and oxygen atoms in total. The summed E-state index contributed by atoms with van der Waals surface area (Å²) in [6.45, 7) is 12.6. The molecule has 3 heterocycles. The van der Waals surface area contributed by atoms with E-state index in [1.54, 1.807) is 55.5 Å². The Bertz CT molecular complexity index is 1010. The number of amides is 1. The van der Waals surface area contributed by atoms with Gasteiger partial charge in [-0.25, -0.2) is 4.68 Å². The Kier molecular flexibility index (Phi) is 6.77. The molecule has 1 aromatic heterocycles. The number of aromatic nitrogens is 4. The lowest BCUT2D eigenvalue weighted by Gasteiger charge is -2.54. The van der Waals surface area contributed by atoms with Crippen LogP contribution in [0.15, 0.2) is 16.4 Å². The van der Waals surface area contributed by atoms with Crippen molar-refractivity contribution >= 4 is 41.2 Å². The zero-order valence-electron chi connectivity index (χ0n) is 20.5. The predicted octanol–water partition coefficient (Wildman–Crippen LogP) is 2.55. The molecule has 3 atom stereocenters. The number of ether oxygens (including phenoxy) is 2. The van der Waals surface area contributed by atoms with Gasteiger partial charge in [-0.2, -0.15) is 0 Å². The smallest absolute Gasteiger partial charge is 0.308 e. The van der Waals surface area contributed by atoms with Crippen molar-refractivity contribution in [3.8, 4) is 0 Å². The number of allylic oxidation sites excluding steroid dienone is 1. The van der Waals surface area contributed by atoms with Gasteiger partial charge in [0.2, 0.25) is 5.16 Å². The van der Waals surface area contributed by atoms with Crippen LogP contribution < -0.4 is 0 Å². The van der Waals surface area contributed by atoms with E-state index in [4.69, 9.17) is 9.47 Å². The van der Waals surface area contributed by atoms with E-state index in [1.165, 1.54) is 40.2 Å². The van der Waals surface area contributed by atoms with Crippen LogP contribution in [0.4, 0.5) is 0 Å². The Hall–Kier alpha value is -1.92. The molecule has 1 saturated heterocycles. The van der Waals surface area contributed by atoms with E-state index in [9.17, 15) is 14.4 Å². The molecule has 1 unspecified atom stereocenters. The number of aryl methyl sites for hydroxylation is 1. The molecule has 2 aliphatic rings. The number of rotatable bonds is 6. The molecule has 0 bridgehead atoms. The van der Waals surface area contributed by atoms with Gasteiger partial charge in [-0.05, 0) is 43.7 Å². The summed E-state index contributed by atoms with van der Waals surface area (Å²) in [7, 11) is 3.17. The van der Waals surface area contributed by atoms with Crippen molar-refractivity contribution < 1.29 is 23.9 Å². The number of esters is 1. The number of ketones is 1. The molecule has 0 saturated carbocycles. The molecule has 0 radical (unpaired) electrons. The van der Waals surface area contributed by atoms with Crippen molar-refractivity contribution in [3.63, 3.8) is 0 Å². The second kappa shape index (κ2) is 8.70. The molecule has 1 aromatic rings. The van der Waals surface area contributed by atoms with Crippen LogP contribution in [0.1, 0.15) is 54.9 Å². The van der Waals surface area contributed by atoms with Crippen LogP contribution in [0.2, 0.25) is 0 Å². The first-order valence-corrected chi connectivity index (χ1v) is 12.2. The topological polar surface area (TPSA) is 117 Å². The van der Waals surface area contributed by atoms with Gasteiger partial charge >= 0.3 is 5.97 Å². The molecular weight excluding hydrogens is 466 g/mol. The van der Waals surface area contributed by atoms with Crippen LogP contribution in [-0.2, 0) is 30.9 Å². The lowest BCUT2D eigenvalue weighted by atomic mass is 9.84. The van der Waals surface area contributed by atoms with Gasteiger partial charge in [0.05, 0.1) is 12.1 Å². The maximum Gasteiger partial charge on any atom is 0.308 e. The zero-order valence-corrected chi connectivity index (χ0v) is 22.1. The summed E-state index contributed by atoms with van der Waals surface area (Å²) in [6, 6.07) is 0. The molecule has 1 fully saturated rings. The molecule has 12 heteroatoms. The summed E-state index contributed by atoms with van der Waals surface area (Å²) in [5.74, 6) is -0.871. The number of β-lactam (4-membered cyclic amide) rings is 1. The predicted molar refractivity (Wildman–Crippen MR) is 124 cm³/mol. The molecular formula is C21H31N5O5S2. The Balaban J connectivity index is 2.18. The van der Waals surface area contributed by atoms with Gasteiger partial charge < -0.3 is 9.47 Å². The first-order valence-electron chi connectivity index (χ1n) is 10.5. The van der Waals surface area contributed by atoms with Crippen LogP contribution in [0.3, 0.4) is 0 Å². The third kappa shape index (κ3) is 4.83. The van der Waals surface area contributed by atoms with Crippen molar-refractivity contribution in [3.05, 3.63) is 11.3 Å². The number of fused-ring (bicyclic) bond motifs is 1. The molecule has 0 aliphatic carbocycles. The lowest BCUT2D eigenvalue weighted by molar-refractivity contribution is -0.160. The minimum Gasteiger partial charge on any atom is -0.460 e. The summed E-state index contributed by atoms with van der Waals surface area (Å²) in [5, 5.41) is 11.7. The third-order valence-corrected chi connectivity index (χ3v) is 8.64. The molecule has 0 aromatic carbocycles. The van der Waals surface area contributed by atoms with E-state index < -0.39 is 32.5 Å². The minimum absolute atomic E-state index is 0.0474. The van der Waals surface area contributed by atoms with Gasteiger partial charge in [-0.1, -0.05) is 32.5 Å². The molecule has 182 valence electrons. The highest BCUT2D eigenvalue weighted by molar-refractivity contribution is 8.18. The van der Waals surface area contributed by atoms with Crippen LogP contribution in [0.25, 0.3) is 0 Å². The quantitative estimate of drug-likeness (QED) is 0.429. The molecule has 0 spiro atoms. The van der Waals surface area contributed by atoms with E-state index in [0.717, 1.165) is 0 Å². The number of hydrogen-bond donors (Lipinski definition) is 0. The summed E-state index contributed by atoms with van der Waals surface area (Å²) < 4.78 is 11.6. The van der Waals surface area contributed by atoms with Gasteiger partial charge in [0.1, 0.15) is 15.1 Å². The number of thioether (sulfide) groups is 2. The number of carbonyl (C=O) groups is 3. The Morgan fingerprint density at radius 2 is 1.85 bits per heavy atom. The number of tetrazole rings is 1. The highest BCUT2D eigenvalue weighted by Crippen LogP contribution is 2.59. The maximum absolute atomic E-state index is 13.6. The molecule has 3 rings (SSSR count). The molecule has 33 heavy (non-hydrogen) atoms. The van der Waals surface area contributed by atoms with Gasteiger partial charge in [0.25, 0.3) is 5.91 Å².